The molecule has 1 aliphatic heterocycles. The highest BCUT2D eigenvalue weighted by atomic mass is 35.5. The van der Waals surface area contributed by atoms with Crippen LogP contribution in [0.5, 0.6) is 11.5 Å². The minimum atomic E-state index is -0.443. The van der Waals surface area contributed by atoms with Gasteiger partial charge >= 0.3 is 6.03 Å². The smallest absolute Gasteiger partial charge is 0.329 e. The molecule has 7 nitrogen and oxygen atoms in total. The van der Waals surface area contributed by atoms with Gasteiger partial charge in [0.05, 0.1) is 25.9 Å². The van der Waals surface area contributed by atoms with E-state index in [1.54, 1.807) is 25.1 Å². The monoisotopic (exact) mass is 475 g/mol. The summed E-state index contributed by atoms with van der Waals surface area (Å²) < 4.78 is 5.20. The van der Waals surface area contributed by atoms with Crippen LogP contribution < -0.4 is 15.0 Å². The van der Waals surface area contributed by atoms with Crippen LogP contribution in [0.2, 0.25) is 10.0 Å². The average Bonchev–Trinajstić information content (AvgIpc) is 2.77. The predicted molar refractivity (Wildman–Crippen MR) is 127 cm³/mol. The summed E-state index contributed by atoms with van der Waals surface area (Å²) >= 11 is 12.7. The van der Waals surface area contributed by atoms with E-state index < -0.39 is 6.03 Å². The molecule has 1 aliphatic rings. The second-order valence-electron chi connectivity index (χ2n) is 7.18. The van der Waals surface area contributed by atoms with Crippen molar-refractivity contribution >= 4 is 46.5 Å². The Labute approximate surface area is 196 Å². The number of halogens is 2. The number of methoxy groups -OCH3 is 1. The molecule has 0 unspecified atom stereocenters. The maximum absolute atomic E-state index is 13.5. The van der Waals surface area contributed by atoms with Crippen molar-refractivity contribution in [3.63, 3.8) is 0 Å². The van der Waals surface area contributed by atoms with Crippen molar-refractivity contribution in [3.8, 4) is 11.5 Å². The molecule has 1 heterocycles. The Morgan fingerprint density at radius 2 is 1.97 bits per heavy atom. The Morgan fingerprint density at radius 3 is 2.62 bits per heavy atom. The van der Waals surface area contributed by atoms with E-state index in [4.69, 9.17) is 27.9 Å². The van der Waals surface area contributed by atoms with E-state index >= 15 is 0 Å². The standard InChI is InChI=1S/C23H23Cl2N3O4/c1-5-19(30)26-16-8-6-7-15(9-16)12-27-14(3)13(2)11-28(23(27)31)22-20(24)17(29)10-18(32-4)21(22)25/h6-10,29H,2-3,5,11-12H2,1,4H3,(H,26,30). The fourth-order valence-electron chi connectivity index (χ4n) is 3.29. The van der Waals surface area contributed by atoms with E-state index in [9.17, 15) is 14.7 Å². The van der Waals surface area contributed by atoms with E-state index in [-0.39, 0.29) is 46.2 Å². The van der Waals surface area contributed by atoms with Crippen LogP contribution >= 0.6 is 23.2 Å². The Kier molecular flexibility index (Phi) is 7.01. The van der Waals surface area contributed by atoms with Crippen molar-refractivity contribution in [2.75, 3.05) is 23.9 Å². The first kappa shape index (κ1) is 23.5. The number of benzene rings is 2. The summed E-state index contributed by atoms with van der Waals surface area (Å²) in [5.74, 6) is -0.198. The molecule has 1 fully saturated rings. The number of hydrogen-bond donors (Lipinski definition) is 2. The number of phenols is 1. The molecule has 2 aromatic carbocycles. The number of carbonyl (C=O) groups is 2. The maximum atomic E-state index is 13.5. The Bertz CT molecular complexity index is 1120. The highest BCUT2D eigenvalue weighted by Gasteiger charge is 2.35. The third-order valence-corrected chi connectivity index (χ3v) is 5.77. The highest BCUT2D eigenvalue weighted by Crippen LogP contribution is 2.47. The van der Waals surface area contributed by atoms with Gasteiger partial charge in [0.15, 0.2) is 0 Å². The van der Waals surface area contributed by atoms with Gasteiger partial charge in [-0.3, -0.25) is 14.6 Å². The summed E-state index contributed by atoms with van der Waals surface area (Å²) in [5, 5.41) is 13.0. The van der Waals surface area contributed by atoms with Crippen molar-refractivity contribution < 1.29 is 19.4 Å². The quantitative estimate of drug-likeness (QED) is 0.571. The summed E-state index contributed by atoms with van der Waals surface area (Å²) in [6.07, 6.45) is 0.356. The second kappa shape index (κ2) is 9.54. The molecule has 9 heteroatoms. The van der Waals surface area contributed by atoms with Crippen molar-refractivity contribution in [3.05, 3.63) is 70.4 Å². The number of ether oxygens (including phenoxy) is 1. The van der Waals surface area contributed by atoms with Crippen molar-refractivity contribution in [2.24, 2.45) is 0 Å². The average molecular weight is 476 g/mol. The first-order valence-corrected chi connectivity index (χ1v) is 10.5. The third-order valence-electron chi connectivity index (χ3n) is 5.03. The van der Waals surface area contributed by atoms with Crippen LogP contribution in [0.15, 0.2) is 54.8 Å². The van der Waals surface area contributed by atoms with E-state index in [1.807, 2.05) is 6.07 Å². The lowest BCUT2D eigenvalue weighted by Crippen LogP contribution is -2.48. The summed E-state index contributed by atoms with van der Waals surface area (Å²) in [7, 11) is 1.40. The molecular weight excluding hydrogens is 453 g/mol. The molecule has 0 spiro atoms. The van der Waals surface area contributed by atoms with Crippen LogP contribution in [0.4, 0.5) is 16.2 Å². The maximum Gasteiger partial charge on any atom is 0.329 e. The lowest BCUT2D eigenvalue weighted by molar-refractivity contribution is -0.115. The zero-order valence-electron chi connectivity index (χ0n) is 17.7. The van der Waals surface area contributed by atoms with E-state index in [2.05, 4.69) is 18.5 Å². The number of rotatable bonds is 6. The number of hydrogen-bond acceptors (Lipinski definition) is 4. The Morgan fingerprint density at radius 1 is 1.25 bits per heavy atom. The van der Waals surface area contributed by atoms with Gasteiger partial charge in [-0.15, -0.1) is 0 Å². The molecule has 32 heavy (non-hydrogen) atoms. The SMILES string of the molecule is C=C1CN(c2c(Cl)c(O)cc(OC)c2Cl)C(=O)N(Cc2cccc(NC(=O)CC)c2)C1=C. The van der Waals surface area contributed by atoms with Gasteiger partial charge in [-0.05, 0) is 23.3 Å². The van der Waals surface area contributed by atoms with Gasteiger partial charge in [-0.25, -0.2) is 4.79 Å². The molecule has 0 bridgehead atoms. The van der Waals surface area contributed by atoms with Crippen LogP contribution in [0, 0.1) is 0 Å². The molecule has 2 aromatic rings. The van der Waals surface area contributed by atoms with Crippen molar-refractivity contribution in [1.82, 2.24) is 4.90 Å². The largest absolute Gasteiger partial charge is 0.506 e. The molecule has 3 amide bonds. The van der Waals surface area contributed by atoms with Gasteiger partial charge in [-0.1, -0.05) is 55.4 Å². The van der Waals surface area contributed by atoms with E-state index in [0.717, 1.165) is 5.56 Å². The lowest BCUT2D eigenvalue weighted by Gasteiger charge is -2.39. The minimum absolute atomic E-state index is 0.0753. The van der Waals surface area contributed by atoms with Gasteiger partial charge in [0, 0.05) is 23.9 Å². The number of aromatic hydroxyl groups is 1. The summed E-state index contributed by atoms with van der Waals surface area (Å²) in [6.45, 7) is 10.0. The van der Waals surface area contributed by atoms with Crippen LogP contribution in [0.25, 0.3) is 0 Å². The van der Waals surface area contributed by atoms with Crippen molar-refractivity contribution in [2.45, 2.75) is 19.9 Å². The first-order valence-electron chi connectivity index (χ1n) is 9.77. The Hall–Kier alpha value is -3.16. The molecule has 2 N–H and O–H groups in total. The van der Waals surface area contributed by atoms with Gasteiger partial charge in [-0.2, -0.15) is 0 Å². The van der Waals surface area contributed by atoms with Crippen LogP contribution in [-0.2, 0) is 11.3 Å². The van der Waals surface area contributed by atoms with Gasteiger partial charge in [0.1, 0.15) is 21.5 Å². The molecular formula is C23H23Cl2N3O4. The van der Waals surface area contributed by atoms with E-state index in [1.165, 1.54) is 23.0 Å². The zero-order valence-corrected chi connectivity index (χ0v) is 19.3. The van der Waals surface area contributed by atoms with Crippen LogP contribution in [0.1, 0.15) is 18.9 Å². The fraction of sp³-hybridized carbons (Fsp3) is 0.217. The molecule has 3 rings (SSSR count). The second-order valence-corrected chi connectivity index (χ2v) is 7.94. The summed E-state index contributed by atoms with van der Waals surface area (Å²) in [6, 6.07) is 8.02. The lowest BCUT2D eigenvalue weighted by atomic mass is 10.1. The topological polar surface area (TPSA) is 82.1 Å². The summed E-state index contributed by atoms with van der Waals surface area (Å²) in [4.78, 5) is 27.9. The number of phenolic OH excluding ortho intramolecular Hbond substituents is 1. The van der Waals surface area contributed by atoms with E-state index in [0.29, 0.717) is 23.4 Å². The highest BCUT2D eigenvalue weighted by molar-refractivity contribution is 6.41. The minimum Gasteiger partial charge on any atom is -0.506 e. The summed E-state index contributed by atoms with van der Waals surface area (Å²) in [5.41, 5.74) is 2.55. The number of urea groups is 1. The molecule has 168 valence electrons. The molecule has 0 aliphatic carbocycles. The number of amides is 3. The molecule has 0 saturated carbocycles. The predicted octanol–water partition coefficient (Wildman–Crippen LogP) is 5.57. The fourth-order valence-corrected chi connectivity index (χ4v) is 3.92. The molecule has 1 saturated heterocycles. The first-order chi connectivity index (χ1) is 15.2. The number of nitrogens with one attached hydrogen (secondary N) is 1. The number of nitrogens with zero attached hydrogens (tertiary/aromatic N) is 2. The number of carbonyl (C=O) groups excluding carboxylic acids is 2. The van der Waals surface area contributed by atoms with Crippen LogP contribution in [0.3, 0.4) is 0 Å². The van der Waals surface area contributed by atoms with Gasteiger partial charge < -0.3 is 15.2 Å². The molecule has 0 atom stereocenters. The van der Waals surface area contributed by atoms with Gasteiger partial charge in [0.25, 0.3) is 0 Å². The normalized spacial score (nSPS) is 14.1. The van der Waals surface area contributed by atoms with Gasteiger partial charge in [0.2, 0.25) is 5.91 Å². The number of anilines is 2. The van der Waals surface area contributed by atoms with Crippen LogP contribution in [-0.4, -0.2) is 35.6 Å². The van der Waals surface area contributed by atoms with Crippen molar-refractivity contribution in [1.29, 1.82) is 0 Å². The molecule has 0 aromatic heterocycles. The molecule has 0 radical (unpaired) electrons. The Balaban J connectivity index is 1.96. The zero-order chi connectivity index (χ0) is 23.6. The third kappa shape index (κ3) is 4.54.